The van der Waals surface area contributed by atoms with Crippen molar-refractivity contribution in [2.45, 2.75) is 64.7 Å². The highest BCUT2D eigenvalue weighted by Gasteiger charge is 2.32. The first kappa shape index (κ1) is 25.5. The maximum Gasteiger partial charge on any atom is 0.407 e. The van der Waals surface area contributed by atoms with Crippen LogP contribution < -0.4 is 5.32 Å². The van der Waals surface area contributed by atoms with Crippen molar-refractivity contribution in [3.8, 4) is 0 Å². The minimum absolute atomic E-state index is 0.0473. The molecule has 1 fully saturated rings. The SMILES string of the molecule is C[C@@H](NC(=O)OC(C)(C)C)[C@@H](Cc1ccccc1)OC(=O)C1CCN(C(=O)N(C)C)CC1. The van der Waals surface area contributed by atoms with Gasteiger partial charge in [0.15, 0.2) is 0 Å². The van der Waals surface area contributed by atoms with Crippen LogP contribution in [-0.2, 0) is 20.7 Å². The van der Waals surface area contributed by atoms with Crippen molar-refractivity contribution in [1.29, 1.82) is 0 Å². The zero-order valence-corrected chi connectivity index (χ0v) is 20.1. The van der Waals surface area contributed by atoms with Gasteiger partial charge < -0.3 is 24.6 Å². The molecule has 0 aromatic heterocycles. The second kappa shape index (κ2) is 11.2. The zero-order chi connectivity index (χ0) is 23.9. The summed E-state index contributed by atoms with van der Waals surface area (Å²) in [5, 5.41) is 2.80. The molecule has 178 valence electrons. The van der Waals surface area contributed by atoms with Crippen LogP contribution in [-0.4, -0.2) is 72.8 Å². The minimum atomic E-state index is -0.618. The van der Waals surface area contributed by atoms with Crippen LogP contribution in [0.1, 0.15) is 46.1 Å². The highest BCUT2D eigenvalue weighted by molar-refractivity contribution is 5.76. The van der Waals surface area contributed by atoms with Crippen molar-refractivity contribution in [3.05, 3.63) is 35.9 Å². The van der Waals surface area contributed by atoms with Gasteiger partial charge in [-0.25, -0.2) is 9.59 Å². The number of alkyl carbamates (subject to hydrolysis) is 1. The molecular formula is C24H37N3O5. The van der Waals surface area contributed by atoms with Gasteiger partial charge in [-0.3, -0.25) is 4.79 Å². The van der Waals surface area contributed by atoms with Crippen LogP contribution in [0.5, 0.6) is 0 Å². The second-order valence-corrected chi connectivity index (χ2v) is 9.54. The Morgan fingerprint density at radius 2 is 1.72 bits per heavy atom. The maximum absolute atomic E-state index is 12.9. The highest BCUT2D eigenvalue weighted by Crippen LogP contribution is 2.22. The van der Waals surface area contributed by atoms with Crippen LogP contribution in [0.25, 0.3) is 0 Å². The molecule has 2 rings (SSSR count). The Hall–Kier alpha value is -2.77. The summed E-state index contributed by atoms with van der Waals surface area (Å²) in [6.07, 6.45) is 0.504. The zero-order valence-electron chi connectivity index (χ0n) is 20.1. The van der Waals surface area contributed by atoms with Crippen LogP contribution >= 0.6 is 0 Å². The fraction of sp³-hybridized carbons (Fsp3) is 0.625. The summed E-state index contributed by atoms with van der Waals surface area (Å²) >= 11 is 0. The summed E-state index contributed by atoms with van der Waals surface area (Å²) in [5.74, 6) is -0.561. The van der Waals surface area contributed by atoms with E-state index in [4.69, 9.17) is 9.47 Å². The number of nitrogens with one attached hydrogen (secondary N) is 1. The number of rotatable bonds is 6. The number of likely N-dealkylation sites (tertiary alicyclic amines) is 1. The lowest BCUT2D eigenvalue weighted by Crippen LogP contribution is -2.48. The first-order chi connectivity index (χ1) is 15.0. The van der Waals surface area contributed by atoms with E-state index in [0.717, 1.165) is 5.56 Å². The highest BCUT2D eigenvalue weighted by atomic mass is 16.6. The smallest absolute Gasteiger partial charge is 0.407 e. The third-order valence-electron chi connectivity index (χ3n) is 5.33. The van der Waals surface area contributed by atoms with Crippen LogP contribution in [0.4, 0.5) is 9.59 Å². The van der Waals surface area contributed by atoms with Gasteiger partial charge >= 0.3 is 18.1 Å². The molecule has 32 heavy (non-hydrogen) atoms. The van der Waals surface area contributed by atoms with E-state index in [1.54, 1.807) is 44.7 Å². The molecule has 0 spiro atoms. The monoisotopic (exact) mass is 447 g/mol. The largest absolute Gasteiger partial charge is 0.460 e. The number of hydrogen-bond acceptors (Lipinski definition) is 5. The third kappa shape index (κ3) is 8.05. The average molecular weight is 448 g/mol. The van der Waals surface area contributed by atoms with Crippen molar-refractivity contribution in [3.63, 3.8) is 0 Å². The summed E-state index contributed by atoms with van der Waals surface area (Å²) in [7, 11) is 3.44. The Labute approximate surface area is 191 Å². The van der Waals surface area contributed by atoms with E-state index in [1.165, 1.54) is 0 Å². The molecule has 1 saturated heterocycles. The predicted octanol–water partition coefficient (Wildman–Crippen LogP) is 3.45. The lowest BCUT2D eigenvalue weighted by molar-refractivity contribution is -0.156. The lowest BCUT2D eigenvalue weighted by Gasteiger charge is -2.34. The first-order valence-corrected chi connectivity index (χ1v) is 11.2. The summed E-state index contributed by atoms with van der Waals surface area (Å²) in [6, 6.07) is 9.22. The summed E-state index contributed by atoms with van der Waals surface area (Å²) in [6.45, 7) is 8.24. The maximum atomic E-state index is 12.9. The van der Waals surface area contributed by atoms with Gasteiger partial charge in [-0.2, -0.15) is 0 Å². The molecule has 0 bridgehead atoms. The Morgan fingerprint density at radius 1 is 1.12 bits per heavy atom. The predicted molar refractivity (Wildman–Crippen MR) is 122 cm³/mol. The lowest BCUT2D eigenvalue weighted by atomic mass is 9.96. The summed E-state index contributed by atoms with van der Waals surface area (Å²) in [4.78, 5) is 40.6. The van der Waals surface area contributed by atoms with E-state index < -0.39 is 23.8 Å². The minimum Gasteiger partial charge on any atom is -0.460 e. The molecule has 1 heterocycles. The molecule has 8 heteroatoms. The molecule has 2 atom stereocenters. The number of urea groups is 1. The molecule has 0 radical (unpaired) electrons. The van der Waals surface area contributed by atoms with E-state index >= 15 is 0 Å². The number of amides is 3. The fourth-order valence-corrected chi connectivity index (χ4v) is 3.59. The van der Waals surface area contributed by atoms with E-state index in [2.05, 4.69) is 5.32 Å². The van der Waals surface area contributed by atoms with Gasteiger partial charge in [-0.15, -0.1) is 0 Å². The van der Waals surface area contributed by atoms with E-state index in [-0.39, 0.29) is 17.9 Å². The molecular weight excluding hydrogens is 410 g/mol. The summed E-state index contributed by atoms with van der Waals surface area (Å²) < 4.78 is 11.3. The fourth-order valence-electron chi connectivity index (χ4n) is 3.59. The van der Waals surface area contributed by atoms with Crippen LogP contribution in [0.15, 0.2) is 30.3 Å². The first-order valence-electron chi connectivity index (χ1n) is 11.2. The van der Waals surface area contributed by atoms with Gasteiger partial charge in [0.1, 0.15) is 11.7 Å². The molecule has 0 aliphatic carbocycles. The van der Waals surface area contributed by atoms with Crippen LogP contribution in [0.2, 0.25) is 0 Å². The van der Waals surface area contributed by atoms with Gasteiger partial charge in [0.05, 0.1) is 12.0 Å². The van der Waals surface area contributed by atoms with Gasteiger partial charge in [0.2, 0.25) is 0 Å². The van der Waals surface area contributed by atoms with Crippen molar-refractivity contribution < 1.29 is 23.9 Å². The van der Waals surface area contributed by atoms with Crippen molar-refractivity contribution in [2.24, 2.45) is 5.92 Å². The number of esters is 1. The number of piperidine rings is 1. The topological polar surface area (TPSA) is 88.2 Å². The average Bonchev–Trinajstić information content (AvgIpc) is 2.72. The standard InChI is InChI=1S/C24H37N3O5/c1-17(25-22(29)32-24(2,3)4)20(16-18-10-8-7-9-11-18)31-21(28)19-12-14-27(15-13-19)23(30)26(5)6/h7-11,17,19-20H,12-16H2,1-6H3,(H,25,29)/t17-,20-/m1/s1. The van der Waals surface area contributed by atoms with Gasteiger partial charge in [0.25, 0.3) is 0 Å². The Kier molecular flexibility index (Phi) is 8.92. The number of carbonyl (C=O) groups is 3. The number of carbonyl (C=O) groups excluding carboxylic acids is 3. The molecule has 3 amide bonds. The van der Waals surface area contributed by atoms with Gasteiger partial charge in [-0.05, 0) is 46.1 Å². The van der Waals surface area contributed by atoms with E-state index in [0.29, 0.717) is 32.4 Å². The van der Waals surface area contributed by atoms with E-state index in [9.17, 15) is 14.4 Å². The molecule has 1 N–H and O–H groups in total. The Bertz CT molecular complexity index is 768. The molecule has 1 aliphatic heterocycles. The molecule has 1 aliphatic rings. The molecule has 8 nitrogen and oxygen atoms in total. The van der Waals surface area contributed by atoms with Crippen LogP contribution in [0.3, 0.4) is 0 Å². The van der Waals surface area contributed by atoms with Gasteiger partial charge in [-0.1, -0.05) is 30.3 Å². The Morgan fingerprint density at radius 3 is 2.25 bits per heavy atom. The number of ether oxygens (including phenoxy) is 2. The normalized spacial score (nSPS) is 16.6. The molecule has 0 saturated carbocycles. The summed E-state index contributed by atoms with van der Waals surface area (Å²) in [5.41, 5.74) is 0.391. The van der Waals surface area contributed by atoms with Gasteiger partial charge in [0, 0.05) is 33.6 Å². The second-order valence-electron chi connectivity index (χ2n) is 9.54. The quantitative estimate of drug-likeness (QED) is 0.675. The molecule has 1 aromatic carbocycles. The van der Waals surface area contributed by atoms with Crippen molar-refractivity contribution >= 4 is 18.1 Å². The van der Waals surface area contributed by atoms with Crippen LogP contribution in [0, 0.1) is 5.92 Å². The number of hydrogen-bond donors (Lipinski definition) is 1. The van der Waals surface area contributed by atoms with Crippen molar-refractivity contribution in [2.75, 3.05) is 27.2 Å². The number of nitrogens with zero attached hydrogens (tertiary/aromatic N) is 2. The molecule has 1 aromatic rings. The van der Waals surface area contributed by atoms with E-state index in [1.807, 2.05) is 37.3 Å². The Balaban J connectivity index is 2.02. The molecule has 0 unspecified atom stereocenters. The number of benzene rings is 1. The third-order valence-corrected chi connectivity index (χ3v) is 5.33. The van der Waals surface area contributed by atoms with Crippen molar-refractivity contribution in [1.82, 2.24) is 15.1 Å².